The van der Waals surface area contributed by atoms with Crippen molar-refractivity contribution in [2.75, 3.05) is 0 Å². The second-order valence-corrected chi connectivity index (χ2v) is 2.99. The molecular formula is C7H6BClF3-. The molecular weight excluding hydrogens is 187 g/mol. The summed E-state index contributed by atoms with van der Waals surface area (Å²) < 4.78 is 36.4. The van der Waals surface area contributed by atoms with Gasteiger partial charge in [0.25, 0.3) is 0 Å². The minimum Gasteiger partial charge on any atom is -0.445 e. The molecule has 0 aliphatic rings. The molecule has 0 radical (unpaired) electrons. The molecule has 0 saturated carbocycles. The van der Waals surface area contributed by atoms with Crippen LogP contribution in [0, 0.1) is 6.92 Å². The second-order valence-electron chi connectivity index (χ2n) is 2.58. The summed E-state index contributed by atoms with van der Waals surface area (Å²) in [6.45, 7) is -3.35. The van der Waals surface area contributed by atoms with Crippen LogP contribution in [-0.4, -0.2) is 6.98 Å². The maximum atomic E-state index is 12.1. The summed E-state index contributed by atoms with van der Waals surface area (Å²) in [6.07, 6.45) is 0. The Bertz CT molecular complexity index is 295. The van der Waals surface area contributed by atoms with E-state index in [4.69, 9.17) is 11.6 Å². The maximum absolute atomic E-state index is 12.1. The molecule has 0 bridgehead atoms. The van der Waals surface area contributed by atoms with Gasteiger partial charge in [0.15, 0.2) is 0 Å². The van der Waals surface area contributed by atoms with E-state index >= 15 is 0 Å². The number of benzene rings is 1. The molecule has 0 heterocycles. The Balaban J connectivity index is 3.14. The van der Waals surface area contributed by atoms with E-state index in [1.165, 1.54) is 6.07 Å². The molecule has 12 heavy (non-hydrogen) atoms. The smallest absolute Gasteiger partial charge is 0.445 e. The van der Waals surface area contributed by atoms with Gasteiger partial charge in [0, 0.05) is 5.02 Å². The second kappa shape index (κ2) is 3.01. The number of hydrogen-bond acceptors (Lipinski definition) is 0. The standard InChI is InChI=1S/C7H6BClF3/c1-5-4-6(8(10,11)12)2-3-7(5)9/h2-4H,1H3/q-1. The first kappa shape index (κ1) is 9.45. The van der Waals surface area contributed by atoms with Crippen LogP contribution in [0.25, 0.3) is 0 Å². The minimum absolute atomic E-state index is 0.360. The Morgan fingerprint density at radius 1 is 1.25 bits per heavy atom. The van der Waals surface area contributed by atoms with E-state index in [1.807, 2.05) is 0 Å². The van der Waals surface area contributed by atoms with Gasteiger partial charge in [0.1, 0.15) is 0 Å². The molecule has 0 aliphatic carbocycles. The van der Waals surface area contributed by atoms with Crippen molar-refractivity contribution in [1.29, 1.82) is 0 Å². The van der Waals surface area contributed by atoms with Crippen LogP contribution in [0.4, 0.5) is 12.9 Å². The molecule has 0 fully saturated rings. The van der Waals surface area contributed by atoms with E-state index in [0.29, 0.717) is 10.6 Å². The molecule has 1 aromatic rings. The van der Waals surface area contributed by atoms with E-state index < -0.39 is 12.4 Å². The molecule has 5 heteroatoms. The van der Waals surface area contributed by atoms with E-state index in [0.717, 1.165) is 12.1 Å². The molecule has 0 unspecified atom stereocenters. The molecule has 1 rings (SSSR count). The molecule has 0 N–H and O–H groups in total. The zero-order chi connectivity index (χ0) is 9.35. The summed E-state index contributed by atoms with van der Waals surface area (Å²) in [4.78, 5) is 0. The van der Waals surface area contributed by atoms with E-state index in [9.17, 15) is 12.9 Å². The van der Waals surface area contributed by atoms with Gasteiger partial charge in [-0.05, 0) is 18.6 Å². The molecule has 0 nitrogen and oxygen atoms in total. The predicted molar refractivity (Wildman–Crippen MR) is 44.9 cm³/mol. The molecule has 66 valence electrons. The molecule has 0 atom stereocenters. The highest BCUT2D eigenvalue weighted by atomic mass is 35.5. The average Bonchev–Trinajstić information content (AvgIpc) is 1.92. The van der Waals surface area contributed by atoms with Gasteiger partial charge >= 0.3 is 6.98 Å². The van der Waals surface area contributed by atoms with Crippen LogP contribution in [0.1, 0.15) is 5.56 Å². The number of hydrogen-bond donors (Lipinski definition) is 0. The van der Waals surface area contributed by atoms with Crippen LogP contribution >= 0.6 is 11.6 Å². The van der Waals surface area contributed by atoms with Crippen molar-refractivity contribution in [2.45, 2.75) is 6.92 Å². The van der Waals surface area contributed by atoms with Crippen LogP contribution in [0.15, 0.2) is 18.2 Å². The Morgan fingerprint density at radius 2 is 1.83 bits per heavy atom. The molecule has 0 saturated heterocycles. The predicted octanol–water partition coefficient (Wildman–Crippen LogP) is 2.70. The third-order valence-corrected chi connectivity index (χ3v) is 1.98. The SMILES string of the molecule is Cc1cc([B-](F)(F)F)ccc1Cl. The van der Waals surface area contributed by atoms with E-state index in [1.54, 1.807) is 6.92 Å². The van der Waals surface area contributed by atoms with Crippen molar-refractivity contribution in [3.8, 4) is 0 Å². The minimum atomic E-state index is -4.90. The average molecular weight is 193 g/mol. The molecule has 0 aliphatic heterocycles. The molecule has 1 aromatic carbocycles. The summed E-state index contributed by atoms with van der Waals surface area (Å²) >= 11 is 5.57. The fourth-order valence-corrected chi connectivity index (χ4v) is 0.989. The van der Waals surface area contributed by atoms with Gasteiger partial charge < -0.3 is 12.9 Å². The van der Waals surface area contributed by atoms with Crippen molar-refractivity contribution in [3.63, 3.8) is 0 Å². The number of halogens is 4. The van der Waals surface area contributed by atoms with Crippen molar-refractivity contribution < 1.29 is 12.9 Å². The highest BCUT2D eigenvalue weighted by Crippen LogP contribution is 2.16. The van der Waals surface area contributed by atoms with Crippen LogP contribution in [0.5, 0.6) is 0 Å². The molecule has 0 spiro atoms. The molecule has 0 aromatic heterocycles. The summed E-state index contributed by atoms with van der Waals surface area (Å²) in [7, 11) is 0. The maximum Gasteiger partial charge on any atom is 0.509 e. The van der Waals surface area contributed by atoms with Gasteiger partial charge in [-0.1, -0.05) is 23.7 Å². The lowest BCUT2D eigenvalue weighted by Crippen LogP contribution is -2.33. The zero-order valence-electron chi connectivity index (χ0n) is 6.32. The zero-order valence-corrected chi connectivity index (χ0v) is 7.08. The van der Waals surface area contributed by atoms with Crippen LogP contribution in [0.3, 0.4) is 0 Å². The Kier molecular flexibility index (Phi) is 2.37. The first-order valence-electron chi connectivity index (χ1n) is 3.37. The van der Waals surface area contributed by atoms with Gasteiger partial charge in [-0.3, -0.25) is 0 Å². The third-order valence-electron chi connectivity index (χ3n) is 1.56. The highest BCUT2D eigenvalue weighted by Gasteiger charge is 2.25. The summed E-state index contributed by atoms with van der Waals surface area (Å²) in [6, 6.07) is 3.32. The van der Waals surface area contributed by atoms with Gasteiger partial charge in [0.2, 0.25) is 0 Å². The van der Waals surface area contributed by atoms with E-state index in [2.05, 4.69) is 0 Å². The lowest BCUT2D eigenvalue weighted by Gasteiger charge is -2.15. The van der Waals surface area contributed by atoms with Crippen LogP contribution in [-0.2, 0) is 0 Å². The normalized spacial score (nSPS) is 11.8. The monoisotopic (exact) mass is 193 g/mol. The van der Waals surface area contributed by atoms with Crippen molar-refractivity contribution in [3.05, 3.63) is 28.8 Å². The first-order valence-corrected chi connectivity index (χ1v) is 3.75. The first-order chi connectivity index (χ1) is 5.41. The number of aryl methyl sites for hydroxylation is 1. The van der Waals surface area contributed by atoms with Gasteiger partial charge in [-0.2, -0.15) is 0 Å². The van der Waals surface area contributed by atoms with Gasteiger partial charge in [-0.25, -0.2) is 0 Å². The Labute approximate surface area is 73.4 Å². The summed E-state index contributed by atoms with van der Waals surface area (Å²) in [5.74, 6) is 0. The number of rotatable bonds is 1. The molecule has 0 amide bonds. The van der Waals surface area contributed by atoms with E-state index in [-0.39, 0.29) is 0 Å². The van der Waals surface area contributed by atoms with Crippen molar-refractivity contribution >= 4 is 24.0 Å². The largest absolute Gasteiger partial charge is 0.509 e. The summed E-state index contributed by atoms with van der Waals surface area (Å²) in [5, 5.41) is 0.360. The lowest BCUT2D eigenvalue weighted by molar-refractivity contribution is 0.501. The fourth-order valence-electron chi connectivity index (χ4n) is 0.871. The summed E-state index contributed by atoms with van der Waals surface area (Å²) in [5.41, 5.74) is -0.148. The van der Waals surface area contributed by atoms with Crippen LogP contribution < -0.4 is 5.46 Å². The highest BCUT2D eigenvalue weighted by molar-refractivity contribution is 6.73. The van der Waals surface area contributed by atoms with Gasteiger partial charge in [-0.15, -0.1) is 5.46 Å². The third kappa shape index (κ3) is 1.94. The fraction of sp³-hybridized carbons (Fsp3) is 0.143. The van der Waals surface area contributed by atoms with Crippen LogP contribution in [0.2, 0.25) is 5.02 Å². The van der Waals surface area contributed by atoms with Crippen molar-refractivity contribution in [2.24, 2.45) is 0 Å². The van der Waals surface area contributed by atoms with Crippen molar-refractivity contribution in [1.82, 2.24) is 0 Å². The topological polar surface area (TPSA) is 0 Å². The quantitative estimate of drug-likeness (QED) is 0.602. The van der Waals surface area contributed by atoms with Gasteiger partial charge in [0.05, 0.1) is 0 Å². The lowest BCUT2D eigenvalue weighted by atomic mass is 9.79. The Morgan fingerprint density at radius 3 is 2.25 bits per heavy atom. The Hall–Kier alpha value is -0.635.